The Kier molecular flexibility index (Phi) is 5.67. The number of carbonyl (C=O) groups excluding carboxylic acids is 2. The van der Waals surface area contributed by atoms with Crippen molar-refractivity contribution >= 4 is 40.4 Å². The summed E-state index contributed by atoms with van der Waals surface area (Å²) in [6, 6.07) is 16.0. The summed E-state index contributed by atoms with van der Waals surface area (Å²) in [7, 11) is 0. The van der Waals surface area contributed by atoms with Crippen molar-refractivity contribution in [3.8, 4) is 0 Å². The molecule has 0 radical (unpaired) electrons. The number of nitro groups is 2. The molecule has 1 atom stereocenters. The van der Waals surface area contributed by atoms with E-state index in [2.05, 4.69) is 10.5 Å². The molecule has 1 N–H and O–H groups in total. The third-order valence-corrected chi connectivity index (χ3v) is 5.32. The van der Waals surface area contributed by atoms with Crippen LogP contribution in [0.4, 0.5) is 11.4 Å². The minimum atomic E-state index is -0.902. The molecule has 0 heterocycles. The number of non-ortho nitro benzene ring substituents is 2. The molecule has 0 spiro atoms. The summed E-state index contributed by atoms with van der Waals surface area (Å²) < 4.78 is 0. The number of nitro benzene ring substituents is 2. The molecule has 33 heavy (non-hydrogen) atoms. The molecule has 1 aliphatic carbocycles. The molecule has 10 nitrogen and oxygen atoms in total. The average molecular weight is 465 g/mol. The average Bonchev–Trinajstić information content (AvgIpc) is 3.09. The van der Waals surface area contributed by atoms with Gasteiger partial charge in [0.2, 0.25) is 0 Å². The van der Waals surface area contributed by atoms with Crippen molar-refractivity contribution in [1.29, 1.82) is 0 Å². The minimum absolute atomic E-state index is 0.216. The van der Waals surface area contributed by atoms with E-state index in [9.17, 15) is 29.8 Å². The highest BCUT2D eigenvalue weighted by molar-refractivity contribution is 6.32. The summed E-state index contributed by atoms with van der Waals surface area (Å²) in [5.74, 6) is -1.92. The van der Waals surface area contributed by atoms with E-state index < -0.39 is 33.0 Å². The lowest BCUT2D eigenvalue weighted by Crippen LogP contribution is -2.23. The third-order valence-electron chi connectivity index (χ3n) is 5.07. The summed E-state index contributed by atoms with van der Waals surface area (Å²) in [6.07, 6.45) is 0. The first-order valence-corrected chi connectivity index (χ1v) is 9.85. The monoisotopic (exact) mass is 464 g/mol. The Labute approximate surface area is 190 Å². The van der Waals surface area contributed by atoms with Crippen molar-refractivity contribution < 1.29 is 19.4 Å². The van der Waals surface area contributed by atoms with Crippen LogP contribution in [0.15, 0.2) is 71.8 Å². The van der Waals surface area contributed by atoms with Crippen molar-refractivity contribution in [1.82, 2.24) is 5.43 Å². The molecule has 1 unspecified atom stereocenters. The van der Waals surface area contributed by atoms with Crippen molar-refractivity contribution in [3.05, 3.63) is 114 Å². The van der Waals surface area contributed by atoms with Gasteiger partial charge in [-0.25, -0.2) is 5.43 Å². The second kappa shape index (κ2) is 8.60. The highest BCUT2D eigenvalue weighted by Gasteiger charge is 2.38. The van der Waals surface area contributed by atoms with E-state index in [1.165, 1.54) is 0 Å². The van der Waals surface area contributed by atoms with E-state index in [1.807, 2.05) is 0 Å². The van der Waals surface area contributed by atoms with Gasteiger partial charge in [-0.3, -0.25) is 29.8 Å². The zero-order valence-electron chi connectivity index (χ0n) is 16.6. The van der Waals surface area contributed by atoms with E-state index in [-0.39, 0.29) is 17.1 Å². The number of carbonyl (C=O) groups is 2. The molecule has 0 saturated carbocycles. The van der Waals surface area contributed by atoms with Crippen LogP contribution >= 0.6 is 11.6 Å². The van der Waals surface area contributed by atoms with Gasteiger partial charge in [0.1, 0.15) is 0 Å². The molecule has 3 aromatic carbocycles. The normalized spacial score (nSPS) is 15.8. The molecule has 0 aromatic heterocycles. The Morgan fingerprint density at radius 1 is 0.909 bits per heavy atom. The smallest absolute Gasteiger partial charge is 0.277 e. The standard InChI is InChI=1S/C22H13ClN4O6/c23-14-7-5-12(6-8-14)19-20(17-3-1-2-4-18(17)21(19)28)24-25-22(29)13-9-15(26(30)31)11-16(10-13)27(32)33/h1-11,19H,(H,25,29)/b24-20-. The molecule has 0 saturated heterocycles. The number of hydrogen-bond acceptors (Lipinski definition) is 7. The van der Waals surface area contributed by atoms with Crippen LogP contribution in [-0.4, -0.2) is 27.2 Å². The van der Waals surface area contributed by atoms with Crippen LogP contribution in [0.5, 0.6) is 0 Å². The van der Waals surface area contributed by atoms with Gasteiger partial charge < -0.3 is 0 Å². The third kappa shape index (κ3) is 4.19. The van der Waals surface area contributed by atoms with Crippen molar-refractivity contribution in [2.24, 2.45) is 5.10 Å². The zero-order chi connectivity index (χ0) is 23.7. The van der Waals surface area contributed by atoms with Gasteiger partial charge in [-0.1, -0.05) is 48.0 Å². The molecule has 0 bridgehead atoms. The Bertz CT molecular complexity index is 1320. The van der Waals surface area contributed by atoms with E-state index in [0.717, 1.165) is 18.2 Å². The number of nitrogens with zero attached hydrogens (tertiary/aromatic N) is 3. The number of Topliss-reactive ketones (excluding diaryl/α,β-unsaturated/α-hetero) is 1. The lowest BCUT2D eigenvalue weighted by atomic mass is 9.94. The number of ketones is 1. The van der Waals surface area contributed by atoms with Gasteiger partial charge in [-0.15, -0.1) is 0 Å². The van der Waals surface area contributed by atoms with E-state index in [1.54, 1.807) is 48.5 Å². The van der Waals surface area contributed by atoms with Crippen LogP contribution in [0, 0.1) is 20.2 Å². The van der Waals surface area contributed by atoms with Gasteiger partial charge in [-0.05, 0) is 17.7 Å². The van der Waals surface area contributed by atoms with Gasteiger partial charge in [-0.2, -0.15) is 5.10 Å². The maximum Gasteiger partial charge on any atom is 0.277 e. The van der Waals surface area contributed by atoms with Gasteiger partial charge in [0, 0.05) is 28.3 Å². The quantitative estimate of drug-likeness (QED) is 0.440. The molecule has 164 valence electrons. The SMILES string of the molecule is O=C(N/N=C1/c2ccccc2C(=O)C1c1ccc(Cl)cc1)c1cc([N+](=O)[O-])cc([N+](=O)[O-])c1. The predicted molar refractivity (Wildman–Crippen MR) is 119 cm³/mol. The number of hydrogen-bond donors (Lipinski definition) is 1. The van der Waals surface area contributed by atoms with E-state index in [4.69, 9.17) is 11.6 Å². The number of rotatable bonds is 5. The molecule has 0 fully saturated rings. The fourth-order valence-electron chi connectivity index (χ4n) is 3.56. The maximum atomic E-state index is 13.1. The van der Waals surface area contributed by atoms with Crippen LogP contribution in [-0.2, 0) is 0 Å². The Balaban J connectivity index is 1.73. The first kappa shape index (κ1) is 21.8. The summed E-state index contributed by atoms with van der Waals surface area (Å²) in [5, 5.41) is 26.8. The molecular formula is C22H13ClN4O6. The topological polar surface area (TPSA) is 145 Å². The molecule has 1 aliphatic rings. The number of halogens is 1. The Hall–Kier alpha value is -4.44. The van der Waals surface area contributed by atoms with Crippen molar-refractivity contribution in [2.45, 2.75) is 5.92 Å². The summed E-state index contributed by atoms with van der Waals surface area (Å²) >= 11 is 5.95. The zero-order valence-corrected chi connectivity index (χ0v) is 17.4. The Morgan fingerprint density at radius 3 is 2.06 bits per heavy atom. The summed E-state index contributed by atoms with van der Waals surface area (Å²) in [4.78, 5) is 46.2. The molecule has 3 aromatic rings. The van der Waals surface area contributed by atoms with Crippen LogP contribution in [0.3, 0.4) is 0 Å². The summed E-state index contributed by atoms with van der Waals surface area (Å²) in [5.41, 5.74) is 2.56. The number of nitrogens with one attached hydrogen (secondary N) is 1. The number of fused-ring (bicyclic) bond motifs is 1. The lowest BCUT2D eigenvalue weighted by Gasteiger charge is -2.11. The second-order valence-electron chi connectivity index (χ2n) is 7.08. The second-order valence-corrected chi connectivity index (χ2v) is 7.52. The van der Waals surface area contributed by atoms with Gasteiger partial charge in [0.25, 0.3) is 17.3 Å². The number of amides is 1. The van der Waals surface area contributed by atoms with Gasteiger partial charge in [0.05, 0.1) is 33.1 Å². The lowest BCUT2D eigenvalue weighted by molar-refractivity contribution is -0.394. The predicted octanol–water partition coefficient (Wildman–Crippen LogP) is 4.27. The highest BCUT2D eigenvalue weighted by atomic mass is 35.5. The van der Waals surface area contributed by atoms with E-state index >= 15 is 0 Å². The molecule has 4 rings (SSSR count). The van der Waals surface area contributed by atoms with Gasteiger partial charge in [0.15, 0.2) is 5.78 Å². The maximum absolute atomic E-state index is 13.1. The Morgan fingerprint density at radius 2 is 1.48 bits per heavy atom. The number of benzene rings is 3. The van der Waals surface area contributed by atoms with E-state index in [0.29, 0.717) is 21.7 Å². The van der Waals surface area contributed by atoms with Crippen molar-refractivity contribution in [2.75, 3.05) is 0 Å². The minimum Gasteiger partial charge on any atom is -0.293 e. The van der Waals surface area contributed by atoms with Gasteiger partial charge >= 0.3 is 0 Å². The number of hydrazone groups is 1. The van der Waals surface area contributed by atoms with Crippen LogP contribution < -0.4 is 5.43 Å². The highest BCUT2D eigenvalue weighted by Crippen LogP contribution is 2.35. The molecule has 0 aliphatic heterocycles. The van der Waals surface area contributed by atoms with Crippen molar-refractivity contribution in [3.63, 3.8) is 0 Å². The van der Waals surface area contributed by atoms with Crippen LogP contribution in [0.1, 0.15) is 37.8 Å². The molecular weight excluding hydrogens is 452 g/mol. The fraction of sp³-hybridized carbons (Fsp3) is 0.0455. The van der Waals surface area contributed by atoms with Crippen LogP contribution in [0.25, 0.3) is 0 Å². The first-order chi connectivity index (χ1) is 15.8. The molecule has 1 amide bonds. The largest absolute Gasteiger partial charge is 0.293 e. The van der Waals surface area contributed by atoms with Crippen LogP contribution in [0.2, 0.25) is 5.02 Å². The summed E-state index contributed by atoms with van der Waals surface area (Å²) in [6.45, 7) is 0. The first-order valence-electron chi connectivity index (χ1n) is 9.47. The molecule has 11 heteroatoms. The fourth-order valence-corrected chi connectivity index (χ4v) is 3.68.